The zero-order valence-corrected chi connectivity index (χ0v) is 17.1. The third-order valence-corrected chi connectivity index (χ3v) is 4.44. The van der Waals surface area contributed by atoms with Gasteiger partial charge in [0.2, 0.25) is 11.8 Å². The van der Waals surface area contributed by atoms with Gasteiger partial charge in [0.25, 0.3) is 5.89 Å². The van der Waals surface area contributed by atoms with Crippen molar-refractivity contribution in [2.75, 3.05) is 5.32 Å². The molecule has 2 heterocycles. The van der Waals surface area contributed by atoms with Crippen molar-refractivity contribution in [2.45, 2.75) is 19.2 Å². The summed E-state index contributed by atoms with van der Waals surface area (Å²) < 4.78 is 49.3. The quantitative estimate of drug-likeness (QED) is 0.396. The molecule has 0 aliphatic heterocycles. The Kier molecular flexibility index (Phi) is 6.03. The third kappa shape index (κ3) is 5.32. The number of anilines is 2. The first-order valence-electron chi connectivity index (χ1n) is 9.66. The second kappa shape index (κ2) is 9.07. The van der Waals surface area contributed by atoms with E-state index in [1.54, 1.807) is 42.7 Å². The van der Waals surface area contributed by atoms with Crippen LogP contribution in [-0.2, 0) is 10.9 Å². The van der Waals surface area contributed by atoms with Crippen molar-refractivity contribution in [3.8, 4) is 11.4 Å². The molecule has 2 aromatic heterocycles. The highest BCUT2D eigenvalue weighted by Crippen LogP contribution is 2.32. The molecule has 0 amide bonds. The van der Waals surface area contributed by atoms with E-state index in [9.17, 15) is 18.0 Å². The summed E-state index contributed by atoms with van der Waals surface area (Å²) in [6.45, 7) is 1.52. The van der Waals surface area contributed by atoms with Gasteiger partial charge in [-0.3, -0.25) is 0 Å². The third-order valence-electron chi connectivity index (χ3n) is 4.44. The molecule has 4 aromatic rings. The van der Waals surface area contributed by atoms with E-state index in [-0.39, 0.29) is 22.8 Å². The molecule has 33 heavy (non-hydrogen) atoms. The minimum absolute atomic E-state index is 0.0481. The van der Waals surface area contributed by atoms with Crippen molar-refractivity contribution in [2.24, 2.45) is 0 Å². The van der Waals surface area contributed by atoms with Gasteiger partial charge in [0, 0.05) is 23.6 Å². The SMILES string of the molecule is C[C@H](OC(=O)c1cccc(Nc2ncccn2)c1)c1nc(-c2cccc(C(F)(F)F)c2)no1. The van der Waals surface area contributed by atoms with E-state index in [4.69, 9.17) is 9.26 Å². The van der Waals surface area contributed by atoms with Crippen LogP contribution in [0.1, 0.15) is 34.8 Å². The molecule has 0 saturated carbocycles. The van der Waals surface area contributed by atoms with E-state index < -0.39 is 23.8 Å². The number of ether oxygens (including phenoxy) is 1. The molecular formula is C22H16F3N5O3. The van der Waals surface area contributed by atoms with Gasteiger partial charge >= 0.3 is 12.1 Å². The van der Waals surface area contributed by atoms with Crippen molar-refractivity contribution in [3.63, 3.8) is 0 Å². The Balaban J connectivity index is 1.45. The van der Waals surface area contributed by atoms with Gasteiger partial charge in [-0.15, -0.1) is 0 Å². The lowest BCUT2D eigenvalue weighted by Crippen LogP contribution is -2.10. The number of aromatic nitrogens is 4. The number of hydrogen-bond acceptors (Lipinski definition) is 8. The van der Waals surface area contributed by atoms with Crippen LogP contribution in [0, 0.1) is 0 Å². The number of alkyl halides is 3. The highest BCUT2D eigenvalue weighted by Gasteiger charge is 2.31. The van der Waals surface area contributed by atoms with Crippen LogP contribution in [0.25, 0.3) is 11.4 Å². The largest absolute Gasteiger partial charge is 0.449 e. The first-order chi connectivity index (χ1) is 15.8. The van der Waals surface area contributed by atoms with Gasteiger partial charge in [0.05, 0.1) is 11.1 Å². The maximum absolute atomic E-state index is 12.9. The summed E-state index contributed by atoms with van der Waals surface area (Å²) in [5, 5.41) is 6.67. The molecule has 0 fully saturated rings. The number of nitrogens with zero attached hydrogens (tertiary/aromatic N) is 4. The maximum atomic E-state index is 12.9. The van der Waals surface area contributed by atoms with E-state index in [2.05, 4.69) is 25.4 Å². The predicted molar refractivity (Wildman–Crippen MR) is 110 cm³/mol. The minimum atomic E-state index is -4.50. The van der Waals surface area contributed by atoms with Crippen molar-refractivity contribution in [1.82, 2.24) is 20.1 Å². The lowest BCUT2D eigenvalue weighted by Gasteiger charge is -2.10. The highest BCUT2D eigenvalue weighted by atomic mass is 19.4. The van der Waals surface area contributed by atoms with Crippen LogP contribution in [-0.4, -0.2) is 26.1 Å². The van der Waals surface area contributed by atoms with Crippen molar-refractivity contribution < 1.29 is 27.2 Å². The Morgan fingerprint density at radius 1 is 1.06 bits per heavy atom. The van der Waals surface area contributed by atoms with Crippen LogP contribution in [0.5, 0.6) is 0 Å². The van der Waals surface area contributed by atoms with Crippen LogP contribution in [0.15, 0.2) is 71.5 Å². The monoisotopic (exact) mass is 455 g/mol. The molecule has 0 spiro atoms. The Labute approximate surface area is 185 Å². The summed E-state index contributed by atoms with van der Waals surface area (Å²) >= 11 is 0. The summed E-state index contributed by atoms with van der Waals surface area (Å²) in [5.74, 6) is -0.390. The zero-order valence-electron chi connectivity index (χ0n) is 17.1. The van der Waals surface area contributed by atoms with Crippen LogP contribution in [0.2, 0.25) is 0 Å². The molecule has 1 atom stereocenters. The molecule has 11 heteroatoms. The normalized spacial score (nSPS) is 12.2. The number of carbonyl (C=O) groups is 1. The number of rotatable bonds is 6. The fourth-order valence-electron chi connectivity index (χ4n) is 2.85. The van der Waals surface area contributed by atoms with Gasteiger partial charge in [-0.2, -0.15) is 18.2 Å². The first-order valence-corrected chi connectivity index (χ1v) is 9.66. The molecule has 1 N–H and O–H groups in total. The van der Waals surface area contributed by atoms with Gasteiger partial charge in [-0.1, -0.05) is 23.4 Å². The summed E-state index contributed by atoms with van der Waals surface area (Å²) in [6.07, 6.45) is -2.28. The number of esters is 1. The van der Waals surface area contributed by atoms with Gasteiger partial charge in [-0.25, -0.2) is 14.8 Å². The molecule has 0 radical (unpaired) electrons. The fourth-order valence-corrected chi connectivity index (χ4v) is 2.85. The standard InChI is InChI=1S/C22H16F3N5O3/c1-13(19-29-18(30-33-19)14-5-2-7-16(11-14)22(23,24)25)32-20(31)15-6-3-8-17(12-15)28-21-26-9-4-10-27-21/h2-13H,1H3,(H,26,27,28)/t13-/m0/s1. The van der Waals surface area contributed by atoms with E-state index in [0.717, 1.165) is 12.1 Å². The average molecular weight is 455 g/mol. The van der Waals surface area contributed by atoms with Gasteiger partial charge < -0.3 is 14.6 Å². The Morgan fingerprint density at radius 3 is 2.58 bits per heavy atom. The number of halogens is 3. The smallest absolute Gasteiger partial charge is 0.416 e. The second-order valence-electron chi connectivity index (χ2n) is 6.86. The van der Waals surface area contributed by atoms with Crippen LogP contribution < -0.4 is 5.32 Å². The lowest BCUT2D eigenvalue weighted by molar-refractivity contribution is -0.137. The molecule has 8 nitrogen and oxygen atoms in total. The van der Waals surface area contributed by atoms with Crippen molar-refractivity contribution >= 4 is 17.6 Å². The molecule has 168 valence electrons. The Hall–Kier alpha value is -4.28. The van der Waals surface area contributed by atoms with E-state index in [1.807, 2.05) is 0 Å². The molecular weight excluding hydrogens is 439 g/mol. The van der Waals surface area contributed by atoms with Crippen molar-refractivity contribution in [1.29, 1.82) is 0 Å². The molecule has 4 rings (SSSR count). The Morgan fingerprint density at radius 2 is 1.82 bits per heavy atom. The summed E-state index contributed by atoms with van der Waals surface area (Å²) in [5.41, 5.74) is 0.119. The highest BCUT2D eigenvalue weighted by molar-refractivity contribution is 5.90. The second-order valence-corrected chi connectivity index (χ2v) is 6.86. The molecule has 0 bridgehead atoms. The maximum Gasteiger partial charge on any atom is 0.416 e. The lowest BCUT2D eigenvalue weighted by atomic mass is 10.1. The van der Waals surface area contributed by atoms with Gasteiger partial charge in [0.15, 0.2) is 6.10 Å². The van der Waals surface area contributed by atoms with Crippen LogP contribution >= 0.6 is 0 Å². The Bertz CT molecular complexity index is 1260. The van der Waals surface area contributed by atoms with E-state index in [1.165, 1.54) is 19.1 Å². The molecule has 0 saturated heterocycles. The summed E-state index contributed by atoms with van der Waals surface area (Å²) in [4.78, 5) is 24.7. The number of nitrogens with one attached hydrogen (secondary N) is 1. The zero-order chi connectivity index (χ0) is 23.4. The summed E-state index contributed by atoms with van der Waals surface area (Å²) in [7, 11) is 0. The summed E-state index contributed by atoms with van der Waals surface area (Å²) in [6, 6.07) is 12.7. The van der Waals surface area contributed by atoms with E-state index >= 15 is 0 Å². The molecule has 0 unspecified atom stereocenters. The van der Waals surface area contributed by atoms with Gasteiger partial charge in [-0.05, 0) is 43.3 Å². The minimum Gasteiger partial charge on any atom is -0.449 e. The van der Waals surface area contributed by atoms with Crippen LogP contribution in [0.4, 0.5) is 24.8 Å². The van der Waals surface area contributed by atoms with Gasteiger partial charge in [0.1, 0.15) is 0 Å². The number of carbonyl (C=O) groups excluding carboxylic acids is 1. The van der Waals surface area contributed by atoms with Crippen molar-refractivity contribution in [3.05, 3.63) is 84.0 Å². The van der Waals surface area contributed by atoms with E-state index in [0.29, 0.717) is 11.6 Å². The average Bonchev–Trinajstić information content (AvgIpc) is 3.30. The molecule has 0 aliphatic carbocycles. The first kappa shape index (κ1) is 21.9. The predicted octanol–water partition coefficient (Wildman–Crippen LogP) is 5.21. The molecule has 0 aliphatic rings. The fraction of sp³-hybridized carbons (Fsp3) is 0.136. The number of hydrogen-bond donors (Lipinski definition) is 1. The molecule has 2 aromatic carbocycles. The number of benzene rings is 2. The topological polar surface area (TPSA) is 103 Å². The van der Waals surface area contributed by atoms with Crippen LogP contribution in [0.3, 0.4) is 0 Å².